The van der Waals surface area contributed by atoms with Crippen molar-refractivity contribution in [3.8, 4) is 0 Å². The highest BCUT2D eigenvalue weighted by molar-refractivity contribution is 7.98. The third kappa shape index (κ3) is 2.20. The van der Waals surface area contributed by atoms with Crippen LogP contribution < -0.4 is 0 Å². The Hall–Kier alpha value is -1.56. The van der Waals surface area contributed by atoms with Crippen molar-refractivity contribution < 1.29 is 14.6 Å². The van der Waals surface area contributed by atoms with Crippen LogP contribution in [0.4, 0.5) is 0 Å². The van der Waals surface area contributed by atoms with Crippen LogP contribution in [-0.2, 0) is 9.53 Å². The summed E-state index contributed by atoms with van der Waals surface area (Å²) in [5, 5.41) is 11.0. The van der Waals surface area contributed by atoms with Crippen LogP contribution in [0.25, 0.3) is 0 Å². The van der Waals surface area contributed by atoms with Gasteiger partial charge in [0.2, 0.25) is 0 Å². The van der Waals surface area contributed by atoms with Crippen LogP contribution in [0.2, 0.25) is 0 Å². The summed E-state index contributed by atoms with van der Waals surface area (Å²) < 4.78 is 6.04. The zero-order chi connectivity index (χ0) is 17.9. The van der Waals surface area contributed by atoms with Crippen LogP contribution in [0.3, 0.4) is 0 Å². The Bertz CT molecular complexity index is 815. The van der Waals surface area contributed by atoms with E-state index < -0.39 is 11.7 Å². The highest BCUT2D eigenvalue weighted by Gasteiger charge is 2.62. The number of thioether (sulfide) groups is 1. The lowest BCUT2D eigenvalue weighted by molar-refractivity contribution is -0.150. The van der Waals surface area contributed by atoms with Crippen molar-refractivity contribution in [1.29, 1.82) is 0 Å². The molecule has 0 radical (unpaired) electrons. The van der Waals surface area contributed by atoms with Crippen LogP contribution in [0.1, 0.15) is 37.4 Å². The van der Waals surface area contributed by atoms with E-state index in [0.717, 1.165) is 35.4 Å². The molecule has 4 aliphatic rings. The van der Waals surface area contributed by atoms with Gasteiger partial charge in [0.05, 0.1) is 11.6 Å². The molecule has 5 rings (SSSR count). The van der Waals surface area contributed by atoms with E-state index in [4.69, 9.17) is 4.74 Å². The molecule has 0 aromatic heterocycles. The van der Waals surface area contributed by atoms with E-state index in [1.54, 1.807) is 11.8 Å². The molecular formula is C21H23NO3S. The molecule has 136 valence electrons. The van der Waals surface area contributed by atoms with Crippen LogP contribution in [0.5, 0.6) is 0 Å². The maximum Gasteiger partial charge on any atom is 0.338 e. The number of ether oxygens (including phenoxy) is 1. The molecule has 1 unspecified atom stereocenters. The van der Waals surface area contributed by atoms with E-state index in [0.29, 0.717) is 11.6 Å². The summed E-state index contributed by atoms with van der Waals surface area (Å²) in [6, 6.07) is 8.37. The van der Waals surface area contributed by atoms with E-state index in [-0.39, 0.29) is 12.0 Å². The Kier molecular flexibility index (Phi) is 3.82. The molecule has 4 nitrogen and oxygen atoms in total. The maximum atomic E-state index is 12.8. The Balaban J connectivity index is 1.57. The average molecular weight is 369 g/mol. The molecule has 0 saturated carbocycles. The monoisotopic (exact) mass is 369 g/mol. The van der Waals surface area contributed by atoms with Crippen molar-refractivity contribution in [2.45, 2.75) is 54.4 Å². The van der Waals surface area contributed by atoms with Gasteiger partial charge in [0.25, 0.3) is 0 Å². The third-order valence-electron chi connectivity index (χ3n) is 6.45. The van der Waals surface area contributed by atoms with Gasteiger partial charge in [0.1, 0.15) is 6.10 Å². The van der Waals surface area contributed by atoms with Crippen molar-refractivity contribution in [1.82, 2.24) is 4.90 Å². The van der Waals surface area contributed by atoms with Crippen molar-refractivity contribution >= 4 is 17.7 Å². The molecule has 2 saturated heterocycles. The normalized spacial score (nSPS) is 33.8. The number of carbonyl (C=O) groups excluding carboxylic acids is 1. The standard InChI is InChI=1S/C21H23NO3S/c1-26-15-8-5-13(6-9-15)19(23)18-16-10-7-14-12-21(16,25-20(18)24)17-4-2-3-11-22(14)17/h5-10,14,17,19,23H,2-4,11-12H2,1H3/t14-,17-,19?,21+/m1/s1. The van der Waals surface area contributed by atoms with Crippen molar-refractivity contribution in [3.05, 3.63) is 53.1 Å². The predicted molar refractivity (Wildman–Crippen MR) is 101 cm³/mol. The SMILES string of the molecule is CSc1ccc(C(O)C2=C3C=C[C@@H]4C[C@@]3(OC2=O)[C@H]2CCCCN42)cc1. The fraction of sp³-hybridized carbons (Fsp3) is 0.476. The van der Waals surface area contributed by atoms with Gasteiger partial charge in [0.15, 0.2) is 5.60 Å². The number of nitrogens with zero attached hydrogens (tertiary/aromatic N) is 1. The zero-order valence-corrected chi connectivity index (χ0v) is 15.7. The summed E-state index contributed by atoms with van der Waals surface area (Å²) in [5.41, 5.74) is 1.54. The number of hydrogen-bond acceptors (Lipinski definition) is 5. The summed E-state index contributed by atoms with van der Waals surface area (Å²) in [4.78, 5) is 16.5. The highest BCUT2D eigenvalue weighted by Crippen LogP contribution is 2.54. The molecule has 5 heteroatoms. The first kappa shape index (κ1) is 16.6. The number of hydrogen-bond donors (Lipinski definition) is 1. The second-order valence-corrected chi connectivity index (χ2v) is 8.54. The lowest BCUT2D eigenvalue weighted by Gasteiger charge is -2.37. The smallest absolute Gasteiger partial charge is 0.338 e. The van der Waals surface area contributed by atoms with E-state index in [1.807, 2.05) is 36.6 Å². The number of aliphatic hydroxyl groups excluding tert-OH is 1. The molecule has 4 atom stereocenters. The van der Waals surface area contributed by atoms with E-state index >= 15 is 0 Å². The van der Waals surface area contributed by atoms with Crippen LogP contribution >= 0.6 is 11.8 Å². The topological polar surface area (TPSA) is 49.8 Å². The van der Waals surface area contributed by atoms with Gasteiger partial charge in [-0.25, -0.2) is 4.79 Å². The number of benzene rings is 1. The van der Waals surface area contributed by atoms with Gasteiger partial charge in [0, 0.05) is 22.9 Å². The Morgan fingerprint density at radius 1 is 1.31 bits per heavy atom. The second-order valence-electron chi connectivity index (χ2n) is 7.66. The fourth-order valence-electron chi connectivity index (χ4n) is 5.26. The lowest BCUT2D eigenvalue weighted by Crippen LogP contribution is -2.48. The van der Waals surface area contributed by atoms with Gasteiger partial charge in [-0.1, -0.05) is 30.7 Å². The summed E-state index contributed by atoms with van der Waals surface area (Å²) in [7, 11) is 0. The first-order valence-corrected chi connectivity index (χ1v) is 10.6. The molecule has 1 aromatic carbocycles. The largest absolute Gasteiger partial charge is 0.449 e. The Labute approximate surface area is 157 Å². The first-order valence-electron chi connectivity index (χ1n) is 9.38. The van der Waals surface area contributed by atoms with Gasteiger partial charge in [-0.15, -0.1) is 11.8 Å². The molecule has 2 fully saturated rings. The third-order valence-corrected chi connectivity index (χ3v) is 7.20. The van der Waals surface area contributed by atoms with Crippen molar-refractivity contribution in [2.75, 3.05) is 12.8 Å². The van der Waals surface area contributed by atoms with Crippen LogP contribution in [0, 0.1) is 0 Å². The van der Waals surface area contributed by atoms with Gasteiger partial charge in [-0.05, 0) is 43.3 Å². The molecule has 1 aliphatic carbocycles. The van der Waals surface area contributed by atoms with E-state index in [1.165, 1.54) is 12.8 Å². The number of rotatable bonds is 3. The molecule has 1 aromatic rings. The molecule has 3 aliphatic heterocycles. The lowest BCUT2D eigenvalue weighted by atomic mass is 9.78. The molecule has 1 N–H and O–H groups in total. The molecule has 0 amide bonds. The number of carbonyl (C=O) groups is 1. The van der Waals surface area contributed by atoms with Gasteiger partial charge >= 0.3 is 5.97 Å². The van der Waals surface area contributed by atoms with E-state index in [9.17, 15) is 9.90 Å². The summed E-state index contributed by atoms with van der Waals surface area (Å²) in [6.45, 7) is 1.07. The minimum absolute atomic E-state index is 0.249. The zero-order valence-electron chi connectivity index (χ0n) is 14.9. The summed E-state index contributed by atoms with van der Waals surface area (Å²) >= 11 is 1.66. The van der Waals surface area contributed by atoms with Gasteiger partial charge < -0.3 is 9.84 Å². The predicted octanol–water partition coefficient (Wildman–Crippen LogP) is 3.23. The fourth-order valence-corrected chi connectivity index (χ4v) is 5.66. The molecule has 2 bridgehead atoms. The molecule has 3 heterocycles. The van der Waals surface area contributed by atoms with Crippen molar-refractivity contribution in [3.63, 3.8) is 0 Å². The van der Waals surface area contributed by atoms with E-state index in [2.05, 4.69) is 11.0 Å². The Morgan fingerprint density at radius 3 is 2.88 bits per heavy atom. The van der Waals surface area contributed by atoms with Gasteiger partial charge in [-0.3, -0.25) is 4.90 Å². The summed E-state index contributed by atoms with van der Waals surface area (Å²) in [5.74, 6) is -0.348. The summed E-state index contributed by atoms with van der Waals surface area (Å²) in [6.07, 6.45) is 9.60. The molecule has 1 spiro atoms. The average Bonchev–Trinajstić information content (AvgIpc) is 3.12. The quantitative estimate of drug-likeness (QED) is 0.655. The van der Waals surface area contributed by atoms with Crippen LogP contribution in [-0.4, -0.2) is 46.5 Å². The first-order chi connectivity index (χ1) is 12.6. The van der Waals surface area contributed by atoms with Gasteiger partial charge in [-0.2, -0.15) is 0 Å². The Morgan fingerprint density at radius 2 is 2.12 bits per heavy atom. The molecule has 26 heavy (non-hydrogen) atoms. The number of piperidine rings is 1. The van der Waals surface area contributed by atoms with Crippen LogP contribution in [0.15, 0.2) is 52.5 Å². The second kappa shape index (κ2) is 5.98. The molecular weight excluding hydrogens is 346 g/mol. The highest BCUT2D eigenvalue weighted by atomic mass is 32.2. The number of fused-ring (bicyclic) bond motifs is 3. The minimum atomic E-state index is -0.938. The van der Waals surface area contributed by atoms with Crippen molar-refractivity contribution in [2.24, 2.45) is 0 Å². The maximum absolute atomic E-state index is 12.8. The number of aliphatic hydroxyl groups is 1. The number of esters is 1. The minimum Gasteiger partial charge on any atom is -0.449 e.